The van der Waals surface area contributed by atoms with E-state index in [1.807, 2.05) is 68.4 Å². The molecule has 0 fully saturated rings. The Morgan fingerprint density at radius 1 is 0.919 bits per heavy atom. The molecule has 3 rings (SSSR count). The van der Waals surface area contributed by atoms with E-state index < -0.39 is 11.9 Å². The van der Waals surface area contributed by atoms with Crippen LogP contribution in [0.1, 0.15) is 56.7 Å². The summed E-state index contributed by atoms with van der Waals surface area (Å²) < 4.78 is 20.7. The zero-order valence-electron chi connectivity index (χ0n) is 22.1. The number of carbonyl (C=O) groups is 2. The third-order valence-corrected chi connectivity index (χ3v) is 6.46. The molecule has 0 aliphatic carbocycles. The fourth-order valence-corrected chi connectivity index (χ4v) is 4.12. The van der Waals surface area contributed by atoms with E-state index in [0.717, 1.165) is 17.5 Å². The van der Waals surface area contributed by atoms with Crippen LogP contribution in [0.3, 0.4) is 0 Å². The zero-order chi connectivity index (χ0) is 26.8. The van der Waals surface area contributed by atoms with Crippen molar-refractivity contribution in [1.29, 1.82) is 0 Å². The van der Waals surface area contributed by atoms with Gasteiger partial charge in [-0.2, -0.15) is 0 Å². The summed E-state index contributed by atoms with van der Waals surface area (Å²) in [6, 6.07) is 22.6. The highest BCUT2D eigenvalue weighted by Gasteiger charge is 2.32. The van der Waals surface area contributed by atoms with Crippen molar-refractivity contribution in [2.24, 2.45) is 0 Å². The van der Waals surface area contributed by atoms with Gasteiger partial charge in [0.15, 0.2) is 6.61 Å². The van der Waals surface area contributed by atoms with Gasteiger partial charge in [-0.15, -0.1) is 0 Å². The Morgan fingerprint density at radius 3 is 2.24 bits per heavy atom. The molecule has 5 nitrogen and oxygen atoms in total. The second-order valence-electron chi connectivity index (χ2n) is 9.62. The average molecular weight is 505 g/mol. The molecule has 3 aromatic carbocycles. The van der Waals surface area contributed by atoms with Crippen molar-refractivity contribution in [2.45, 2.75) is 65.1 Å². The minimum atomic E-state index is -0.840. The van der Waals surface area contributed by atoms with Crippen LogP contribution in [-0.2, 0) is 22.6 Å². The molecule has 6 heteroatoms. The fourth-order valence-electron chi connectivity index (χ4n) is 4.12. The molecule has 0 saturated heterocycles. The molecule has 0 saturated carbocycles. The zero-order valence-corrected chi connectivity index (χ0v) is 22.1. The molecule has 0 spiro atoms. The van der Waals surface area contributed by atoms with Crippen LogP contribution in [0.25, 0.3) is 0 Å². The summed E-state index contributed by atoms with van der Waals surface area (Å²) in [4.78, 5) is 28.7. The molecule has 0 unspecified atom stereocenters. The Labute approximate surface area is 219 Å². The molecule has 0 aliphatic heterocycles. The largest absolute Gasteiger partial charge is 0.483 e. The van der Waals surface area contributed by atoms with Gasteiger partial charge in [0.2, 0.25) is 5.91 Å². The number of rotatable bonds is 12. The predicted octanol–water partition coefficient (Wildman–Crippen LogP) is 5.88. The number of carbonyl (C=O) groups excluding carboxylic acids is 2. The number of nitrogens with one attached hydrogen (secondary N) is 1. The van der Waals surface area contributed by atoms with Crippen LogP contribution in [0.5, 0.6) is 5.75 Å². The molecular weight excluding hydrogens is 467 g/mol. The van der Waals surface area contributed by atoms with Gasteiger partial charge in [-0.05, 0) is 42.5 Å². The van der Waals surface area contributed by atoms with Crippen LogP contribution in [0.15, 0.2) is 78.9 Å². The summed E-state index contributed by atoms with van der Waals surface area (Å²) in [5, 5.41) is 3.02. The molecule has 37 heavy (non-hydrogen) atoms. The average Bonchev–Trinajstić information content (AvgIpc) is 2.90. The third-order valence-electron chi connectivity index (χ3n) is 6.46. The first-order valence-electron chi connectivity index (χ1n) is 12.9. The predicted molar refractivity (Wildman–Crippen MR) is 145 cm³/mol. The summed E-state index contributed by atoms with van der Waals surface area (Å²) >= 11 is 0. The maximum absolute atomic E-state index is 14.7. The van der Waals surface area contributed by atoms with E-state index >= 15 is 0 Å². The quantitative estimate of drug-likeness (QED) is 0.335. The van der Waals surface area contributed by atoms with E-state index in [9.17, 15) is 14.0 Å². The van der Waals surface area contributed by atoms with Gasteiger partial charge in [-0.1, -0.05) is 87.5 Å². The Kier molecular flexibility index (Phi) is 10.2. The van der Waals surface area contributed by atoms with E-state index in [-0.39, 0.29) is 36.9 Å². The number of ether oxygens (including phenoxy) is 1. The minimum absolute atomic E-state index is 0.0495. The molecule has 1 N–H and O–H groups in total. The van der Waals surface area contributed by atoms with Gasteiger partial charge in [0.25, 0.3) is 5.91 Å². The maximum Gasteiger partial charge on any atom is 0.261 e. The van der Waals surface area contributed by atoms with Gasteiger partial charge in [-0.3, -0.25) is 9.59 Å². The maximum atomic E-state index is 14.7. The van der Waals surface area contributed by atoms with Crippen molar-refractivity contribution in [3.63, 3.8) is 0 Å². The van der Waals surface area contributed by atoms with Crippen LogP contribution in [-0.4, -0.2) is 35.4 Å². The smallest absolute Gasteiger partial charge is 0.261 e. The number of benzene rings is 3. The van der Waals surface area contributed by atoms with Gasteiger partial charge < -0.3 is 15.0 Å². The molecular formula is C31H37FN2O3. The topological polar surface area (TPSA) is 58.6 Å². The third kappa shape index (κ3) is 7.91. The van der Waals surface area contributed by atoms with Crippen molar-refractivity contribution < 1.29 is 18.7 Å². The van der Waals surface area contributed by atoms with E-state index in [0.29, 0.717) is 17.7 Å². The lowest BCUT2D eigenvalue weighted by molar-refractivity contribution is -0.143. The fraction of sp³-hybridized carbons (Fsp3) is 0.355. The van der Waals surface area contributed by atoms with E-state index in [2.05, 4.69) is 19.2 Å². The van der Waals surface area contributed by atoms with Gasteiger partial charge in [0.1, 0.15) is 17.6 Å². The molecule has 2 amide bonds. The van der Waals surface area contributed by atoms with E-state index in [4.69, 9.17) is 4.74 Å². The number of amides is 2. The van der Waals surface area contributed by atoms with Crippen LogP contribution in [0.4, 0.5) is 4.39 Å². The Bertz CT molecular complexity index is 1170. The van der Waals surface area contributed by atoms with Gasteiger partial charge in [0, 0.05) is 24.6 Å². The highest BCUT2D eigenvalue weighted by molar-refractivity contribution is 5.88. The first-order valence-corrected chi connectivity index (χ1v) is 12.9. The second kappa shape index (κ2) is 13.6. The van der Waals surface area contributed by atoms with Gasteiger partial charge in [-0.25, -0.2) is 4.39 Å². The van der Waals surface area contributed by atoms with E-state index in [1.54, 1.807) is 18.2 Å². The molecule has 0 heterocycles. The normalized spacial score (nSPS) is 12.6. The number of hydrogen-bond acceptors (Lipinski definition) is 3. The van der Waals surface area contributed by atoms with Gasteiger partial charge in [0.05, 0.1) is 0 Å². The lowest BCUT2D eigenvalue weighted by Gasteiger charge is -2.32. The number of halogens is 1. The lowest BCUT2D eigenvalue weighted by Crippen LogP contribution is -2.53. The monoisotopic (exact) mass is 504 g/mol. The molecule has 196 valence electrons. The number of para-hydroxylation sites is 1. The van der Waals surface area contributed by atoms with E-state index in [1.165, 1.54) is 11.0 Å². The SMILES string of the molecule is CC[C@H](C)NC(=O)[C@@H](Cc1ccccc1)N(Cc1ccccc1F)C(=O)COc1ccccc1C(C)C. The standard InChI is InChI=1S/C31H37FN2O3/c1-5-23(4)33-31(36)28(19-24-13-7-6-8-14-24)34(20-25-15-9-11-17-27(25)32)30(35)21-37-29-18-12-10-16-26(29)22(2)3/h6-18,22-23,28H,5,19-21H2,1-4H3,(H,33,36)/t23-,28+/m0/s1. The lowest BCUT2D eigenvalue weighted by atomic mass is 10.0. The molecule has 2 atom stereocenters. The van der Waals surface area contributed by atoms with Crippen LogP contribution in [0.2, 0.25) is 0 Å². The molecule has 0 bridgehead atoms. The van der Waals surface area contributed by atoms with Crippen molar-refractivity contribution in [1.82, 2.24) is 10.2 Å². The van der Waals surface area contributed by atoms with Crippen molar-refractivity contribution in [2.75, 3.05) is 6.61 Å². The van der Waals surface area contributed by atoms with Crippen LogP contribution in [0, 0.1) is 5.82 Å². The highest BCUT2D eigenvalue weighted by Crippen LogP contribution is 2.26. The number of hydrogen-bond donors (Lipinski definition) is 1. The summed E-state index contributed by atoms with van der Waals surface area (Å²) in [6.07, 6.45) is 1.05. The Morgan fingerprint density at radius 2 is 1.57 bits per heavy atom. The molecule has 0 radical (unpaired) electrons. The first kappa shape index (κ1) is 27.9. The molecule has 0 aliphatic rings. The van der Waals surface area contributed by atoms with Crippen LogP contribution >= 0.6 is 0 Å². The van der Waals surface area contributed by atoms with Crippen molar-refractivity contribution in [3.05, 3.63) is 101 Å². The molecule has 0 aromatic heterocycles. The van der Waals surface area contributed by atoms with Crippen molar-refractivity contribution >= 4 is 11.8 Å². The summed E-state index contributed by atoms with van der Waals surface area (Å²) in [6.45, 7) is 7.71. The minimum Gasteiger partial charge on any atom is -0.483 e. The number of nitrogens with zero attached hydrogens (tertiary/aromatic N) is 1. The van der Waals surface area contributed by atoms with Gasteiger partial charge >= 0.3 is 0 Å². The summed E-state index contributed by atoms with van der Waals surface area (Å²) in [7, 11) is 0. The summed E-state index contributed by atoms with van der Waals surface area (Å²) in [5.41, 5.74) is 2.24. The van der Waals surface area contributed by atoms with Crippen LogP contribution < -0.4 is 10.1 Å². The summed E-state index contributed by atoms with van der Waals surface area (Å²) in [5.74, 6) is -0.243. The Balaban J connectivity index is 1.95. The molecule has 3 aromatic rings. The first-order chi connectivity index (χ1) is 17.8. The highest BCUT2D eigenvalue weighted by atomic mass is 19.1. The van der Waals surface area contributed by atoms with Crippen molar-refractivity contribution in [3.8, 4) is 5.75 Å². The Hall–Kier alpha value is -3.67. The second-order valence-corrected chi connectivity index (χ2v) is 9.62.